The van der Waals surface area contributed by atoms with Crippen molar-refractivity contribution in [2.45, 2.75) is 25.5 Å². The van der Waals surface area contributed by atoms with Crippen LogP contribution >= 0.6 is 0 Å². The molecular formula is C24H24N2O5. The second kappa shape index (κ2) is 8.63. The highest BCUT2D eigenvalue weighted by Gasteiger charge is 2.51. The van der Waals surface area contributed by atoms with Crippen LogP contribution in [0.1, 0.15) is 24.5 Å². The van der Waals surface area contributed by atoms with E-state index in [4.69, 9.17) is 9.47 Å². The molecule has 1 unspecified atom stereocenters. The van der Waals surface area contributed by atoms with Crippen LogP contribution in [0.3, 0.4) is 0 Å². The summed E-state index contributed by atoms with van der Waals surface area (Å²) in [5.41, 5.74) is 1.72. The van der Waals surface area contributed by atoms with Gasteiger partial charge in [0.05, 0.1) is 0 Å². The first-order valence-corrected chi connectivity index (χ1v) is 10.2. The number of cyclic esters (lactones) is 1. The molecule has 0 saturated heterocycles. The Bertz CT molecular complexity index is 1020. The molecule has 0 aliphatic carbocycles. The molecule has 2 heterocycles. The fourth-order valence-corrected chi connectivity index (χ4v) is 4.04. The Labute approximate surface area is 180 Å². The van der Waals surface area contributed by atoms with E-state index in [9.17, 15) is 14.4 Å². The van der Waals surface area contributed by atoms with Crippen LogP contribution in [0.25, 0.3) is 0 Å². The number of hydrogen-bond donors (Lipinski definition) is 1. The molecule has 0 fully saturated rings. The van der Waals surface area contributed by atoms with E-state index in [-0.39, 0.29) is 19.2 Å². The van der Waals surface area contributed by atoms with Gasteiger partial charge in [-0.1, -0.05) is 60.7 Å². The second-order valence-electron chi connectivity index (χ2n) is 7.64. The Morgan fingerprint density at radius 1 is 1.10 bits per heavy atom. The van der Waals surface area contributed by atoms with Crippen molar-refractivity contribution in [3.05, 3.63) is 82.9 Å². The van der Waals surface area contributed by atoms with Gasteiger partial charge in [-0.3, -0.25) is 4.79 Å². The van der Waals surface area contributed by atoms with Gasteiger partial charge in [-0.2, -0.15) is 0 Å². The Kier molecular flexibility index (Phi) is 5.75. The van der Waals surface area contributed by atoms with Crippen molar-refractivity contribution in [2.75, 3.05) is 19.7 Å². The third kappa shape index (κ3) is 4.17. The Morgan fingerprint density at radius 2 is 1.77 bits per heavy atom. The summed E-state index contributed by atoms with van der Waals surface area (Å²) >= 11 is 0. The number of ether oxygens (including phenoxy) is 2. The first kappa shape index (κ1) is 20.7. The number of nitrogens with zero attached hydrogens (tertiary/aromatic N) is 1. The van der Waals surface area contributed by atoms with Crippen LogP contribution < -0.4 is 5.32 Å². The molecule has 7 heteroatoms. The fourth-order valence-electron chi connectivity index (χ4n) is 4.04. The lowest BCUT2D eigenvalue weighted by molar-refractivity contribution is -0.161. The summed E-state index contributed by atoms with van der Waals surface area (Å²) in [7, 11) is 0. The number of nitrogens with one attached hydrogen (secondary N) is 1. The number of esters is 2. The molecule has 0 spiro atoms. The lowest BCUT2D eigenvalue weighted by atomic mass is 9.83. The van der Waals surface area contributed by atoms with Crippen LogP contribution in [-0.4, -0.2) is 42.6 Å². The highest BCUT2D eigenvalue weighted by Crippen LogP contribution is 2.44. The van der Waals surface area contributed by atoms with Crippen molar-refractivity contribution in [1.29, 1.82) is 0 Å². The van der Waals surface area contributed by atoms with E-state index in [1.165, 1.54) is 6.92 Å². The zero-order valence-electron chi connectivity index (χ0n) is 17.3. The molecule has 160 valence electrons. The molecule has 31 heavy (non-hydrogen) atoms. The summed E-state index contributed by atoms with van der Waals surface area (Å²) in [6.45, 7) is 2.23. The molecule has 1 atom stereocenters. The van der Waals surface area contributed by atoms with Crippen molar-refractivity contribution in [1.82, 2.24) is 10.2 Å². The van der Waals surface area contributed by atoms with Crippen LogP contribution in [0.5, 0.6) is 0 Å². The molecule has 0 radical (unpaired) electrons. The van der Waals surface area contributed by atoms with Gasteiger partial charge in [-0.15, -0.1) is 0 Å². The summed E-state index contributed by atoms with van der Waals surface area (Å²) < 4.78 is 11.2. The average molecular weight is 420 g/mol. The maximum Gasteiger partial charge on any atom is 0.335 e. The van der Waals surface area contributed by atoms with E-state index in [0.29, 0.717) is 36.2 Å². The molecule has 7 nitrogen and oxygen atoms in total. The first-order chi connectivity index (χ1) is 15.0. The first-order valence-electron chi connectivity index (χ1n) is 10.2. The quantitative estimate of drug-likeness (QED) is 0.752. The van der Waals surface area contributed by atoms with E-state index in [1.807, 2.05) is 60.7 Å². The van der Waals surface area contributed by atoms with Gasteiger partial charge in [0.2, 0.25) is 0 Å². The third-order valence-electron chi connectivity index (χ3n) is 5.64. The van der Waals surface area contributed by atoms with Crippen LogP contribution in [0.2, 0.25) is 0 Å². The lowest BCUT2D eigenvalue weighted by Gasteiger charge is -2.35. The summed E-state index contributed by atoms with van der Waals surface area (Å²) in [5.74, 6) is -0.885. The van der Waals surface area contributed by atoms with E-state index >= 15 is 0 Å². The predicted octanol–water partition coefficient (Wildman–Crippen LogP) is 2.91. The van der Waals surface area contributed by atoms with Gasteiger partial charge < -0.3 is 19.7 Å². The molecule has 2 amide bonds. The maximum atomic E-state index is 12.8. The number of carbonyl (C=O) groups is 3. The van der Waals surface area contributed by atoms with Gasteiger partial charge in [-0.05, 0) is 12.0 Å². The van der Waals surface area contributed by atoms with Gasteiger partial charge >= 0.3 is 18.0 Å². The molecule has 2 aliphatic heterocycles. The second-order valence-corrected chi connectivity index (χ2v) is 7.64. The van der Waals surface area contributed by atoms with E-state index < -0.39 is 17.5 Å². The van der Waals surface area contributed by atoms with Crippen LogP contribution in [-0.2, 0) is 31.2 Å². The Hall–Kier alpha value is -3.61. The van der Waals surface area contributed by atoms with Crippen LogP contribution in [0, 0.1) is 0 Å². The van der Waals surface area contributed by atoms with Crippen molar-refractivity contribution in [3.8, 4) is 0 Å². The number of carbonyl (C=O) groups excluding carboxylic acids is 3. The lowest BCUT2D eigenvalue weighted by Crippen LogP contribution is -2.46. The number of benzene rings is 2. The van der Waals surface area contributed by atoms with Crippen LogP contribution in [0.4, 0.5) is 4.79 Å². The monoisotopic (exact) mass is 420 g/mol. The van der Waals surface area contributed by atoms with Crippen molar-refractivity contribution >= 4 is 18.0 Å². The molecule has 0 bridgehead atoms. The summed E-state index contributed by atoms with van der Waals surface area (Å²) in [5, 5.41) is 2.93. The highest BCUT2D eigenvalue weighted by atomic mass is 16.6. The normalized spacial score (nSPS) is 20.2. The SMILES string of the molecule is CC(=O)OCC1(c2ccccc2)OC(=O)C2=C1CN(C(=O)NCc1ccccc1)CC2. The highest BCUT2D eigenvalue weighted by molar-refractivity contribution is 5.94. The minimum atomic E-state index is -1.22. The summed E-state index contributed by atoms with van der Waals surface area (Å²) in [6.07, 6.45) is 0.390. The number of urea groups is 1. The average Bonchev–Trinajstić information content (AvgIpc) is 3.09. The standard InChI is InChI=1S/C24H24N2O5/c1-17(27)30-16-24(19-10-6-3-7-11-19)21-15-26(13-12-20(21)22(28)31-24)23(29)25-14-18-8-4-2-5-9-18/h2-11H,12-16H2,1H3,(H,25,29). The van der Waals surface area contributed by atoms with E-state index in [0.717, 1.165) is 5.56 Å². The van der Waals surface area contributed by atoms with E-state index in [1.54, 1.807) is 4.90 Å². The maximum absolute atomic E-state index is 12.8. The molecule has 1 N–H and O–H groups in total. The van der Waals surface area contributed by atoms with Crippen molar-refractivity contribution < 1.29 is 23.9 Å². The van der Waals surface area contributed by atoms with Gasteiger partial charge in [0.25, 0.3) is 0 Å². The Balaban J connectivity index is 1.58. The zero-order chi connectivity index (χ0) is 21.8. The molecule has 2 aromatic rings. The van der Waals surface area contributed by atoms with Gasteiger partial charge in [0.1, 0.15) is 6.61 Å². The number of rotatable bonds is 5. The minimum absolute atomic E-state index is 0.129. The molecule has 0 saturated carbocycles. The zero-order valence-corrected chi connectivity index (χ0v) is 17.3. The van der Waals surface area contributed by atoms with Crippen molar-refractivity contribution in [2.24, 2.45) is 0 Å². The van der Waals surface area contributed by atoms with Gasteiger partial charge in [-0.25, -0.2) is 9.59 Å². The minimum Gasteiger partial charge on any atom is -0.461 e. The molecule has 2 aromatic carbocycles. The molecule has 0 aromatic heterocycles. The van der Waals surface area contributed by atoms with Gasteiger partial charge in [0.15, 0.2) is 5.60 Å². The third-order valence-corrected chi connectivity index (χ3v) is 5.64. The predicted molar refractivity (Wildman–Crippen MR) is 113 cm³/mol. The smallest absolute Gasteiger partial charge is 0.335 e. The number of hydrogen-bond acceptors (Lipinski definition) is 5. The largest absolute Gasteiger partial charge is 0.461 e. The number of amides is 2. The summed E-state index contributed by atoms with van der Waals surface area (Å²) in [4.78, 5) is 38.7. The topological polar surface area (TPSA) is 84.9 Å². The van der Waals surface area contributed by atoms with Crippen molar-refractivity contribution in [3.63, 3.8) is 0 Å². The summed E-state index contributed by atoms with van der Waals surface area (Å²) in [6, 6.07) is 18.6. The van der Waals surface area contributed by atoms with Crippen LogP contribution in [0.15, 0.2) is 71.8 Å². The van der Waals surface area contributed by atoms with Gasteiger partial charge in [0, 0.05) is 43.3 Å². The Morgan fingerprint density at radius 3 is 2.45 bits per heavy atom. The molecule has 2 aliphatic rings. The fraction of sp³-hybridized carbons (Fsp3) is 0.292. The van der Waals surface area contributed by atoms with E-state index in [2.05, 4.69) is 5.32 Å². The molecular weight excluding hydrogens is 396 g/mol. The molecule has 4 rings (SSSR count).